The number of nitrogens with two attached hydrogens (primary N) is 2. The maximum atomic E-state index is 12.9. The van der Waals surface area contributed by atoms with Crippen LogP contribution in [0.15, 0.2) is 30.3 Å². The molecule has 1 aromatic rings. The third-order valence-electron chi connectivity index (χ3n) is 4.33. The lowest BCUT2D eigenvalue weighted by molar-refractivity contribution is -0.138. The Hall–Kier alpha value is -3.47. The van der Waals surface area contributed by atoms with E-state index in [1.54, 1.807) is 44.2 Å². The Morgan fingerprint density at radius 3 is 2.10 bits per heavy atom. The van der Waals surface area contributed by atoms with Crippen LogP contribution in [0, 0.1) is 5.92 Å². The molecule has 0 aliphatic rings. The van der Waals surface area contributed by atoms with Crippen molar-refractivity contribution in [2.75, 3.05) is 6.54 Å². The fourth-order valence-electron chi connectivity index (χ4n) is 2.71. The SMILES string of the molecule is CC(C)C(NC(=O)C(N)CC(N)=O)C(=O)NC(Cc1ccccc1)C(=O)NCC(=O)O. The molecule has 170 valence electrons. The summed E-state index contributed by atoms with van der Waals surface area (Å²) in [5, 5.41) is 16.1. The number of carbonyl (C=O) groups is 5. The molecule has 11 nitrogen and oxygen atoms in total. The maximum absolute atomic E-state index is 12.9. The highest BCUT2D eigenvalue weighted by molar-refractivity contribution is 5.94. The number of primary amides is 1. The lowest BCUT2D eigenvalue weighted by Crippen LogP contribution is -2.58. The molecular weight excluding hydrogens is 406 g/mol. The lowest BCUT2D eigenvalue weighted by Gasteiger charge is -2.26. The first kappa shape index (κ1) is 25.6. The Bertz CT molecular complexity index is 799. The molecule has 0 spiro atoms. The zero-order valence-corrected chi connectivity index (χ0v) is 17.5. The van der Waals surface area contributed by atoms with E-state index in [1.807, 2.05) is 0 Å². The number of carboxylic acid groups (broad SMARTS) is 1. The molecule has 8 N–H and O–H groups in total. The van der Waals surface area contributed by atoms with Crippen molar-refractivity contribution in [3.05, 3.63) is 35.9 Å². The summed E-state index contributed by atoms with van der Waals surface area (Å²) in [7, 11) is 0. The van der Waals surface area contributed by atoms with Gasteiger partial charge in [0.25, 0.3) is 0 Å². The van der Waals surface area contributed by atoms with E-state index in [2.05, 4.69) is 16.0 Å². The van der Waals surface area contributed by atoms with Crippen LogP contribution in [0.25, 0.3) is 0 Å². The van der Waals surface area contributed by atoms with E-state index in [0.717, 1.165) is 5.56 Å². The number of aliphatic carboxylic acids is 1. The summed E-state index contributed by atoms with van der Waals surface area (Å²) in [6, 6.07) is 5.50. The van der Waals surface area contributed by atoms with Gasteiger partial charge in [-0.2, -0.15) is 0 Å². The Labute approximate surface area is 179 Å². The number of rotatable bonds is 12. The molecule has 0 heterocycles. The number of hydrogen-bond acceptors (Lipinski definition) is 6. The van der Waals surface area contributed by atoms with Gasteiger partial charge in [-0.05, 0) is 11.5 Å². The van der Waals surface area contributed by atoms with Crippen LogP contribution in [0.1, 0.15) is 25.8 Å². The Balaban J connectivity index is 2.95. The monoisotopic (exact) mass is 435 g/mol. The van der Waals surface area contributed by atoms with E-state index >= 15 is 0 Å². The topological polar surface area (TPSA) is 194 Å². The van der Waals surface area contributed by atoms with Gasteiger partial charge in [0.05, 0.1) is 12.5 Å². The van der Waals surface area contributed by atoms with Crippen LogP contribution in [-0.2, 0) is 30.4 Å². The highest BCUT2D eigenvalue weighted by atomic mass is 16.4. The maximum Gasteiger partial charge on any atom is 0.322 e. The first-order chi connectivity index (χ1) is 14.5. The van der Waals surface area contributed by atoms with Gasteiger partial charge in [-0.15, -0.1) is 0 Å². The van der Waals surface area contributed by atoms with E-state index in [9.17, 15) is 24.0 Å². The molecule has 31 heavy (non-hydrogen) atoms. The zero-order valence-electron chi connectivity index (χ0n) is 17.5. The normalized spacial score (nSPS) is 13.5. The van der Waals surface area contributed by atoms with Crippen LogP contribution in [0.2, 0.25) is 0 Å². The van der Waals surface area contributed by atoms with Gasteiger partial charge in [0.15, 0.2) is 0 Å². The minimum atomic E-state index is -1.23. The van der Waals surface area contributed by atoms with Crippen molar-refractivity contribution in [1.29, 1.82) is 0 Å². The molecule has 0 saturated carbocycles. The molecule has 0 fully saturated rings. The first-order valence-electron chi connectivity index (χ1n) is 9.69. The van der Waals surface area contributed by atoms with E-state index in [4.69, 9.17) is 16.6 Å². The summed E-state index contributed by atoms with van der Waals surface area (Å²) in [6.45, 7) is 2.76. The molecule has 3 atom stereocenters. The fourth-order valence-corrected chi connectivity index (χ4v) is 2.71. The molecule has 1 rings (SSSR count). The smallest absolute Gasteiger partial charge is 0.322 e. The highest BCUT2D eigenvalue weighted by Gasteiger charge is 2.30. The van der Waals surface area contributed by atoms with Crippen molar-refractivity contribution in [3.63, 3.8) is 0 Å². The number of amides is 4. The van der Waals surface area contributed by atoms with Crippen LogP contribution in [0.4, 0.5) is 0 Å². The van der Waals surface area contributed by atoms with Crippen LogP contribution >= 0.6 is 0 Å². The molecular formula is C20H29N5O6. The first-order valence-corrected chi connectivity index (χ1v) is 9.69. The number of nitrogens with one attached hydrogen (secondary N) is 3. The molecule has 4 amide bonds. The number of hydrogen-bond donors (Lipinski definition) is 6. The van der Waals surface area contributed by atoms with Crippen LogP contribution in [0.5, 0.6) is 0 Å². The van der Waals surface area contributed by atoms with Crippen molar-refractivity contribution in [1.82, 2.24) is 16.0 Å². The zero-order chi connectivity index (χ0) is 23.6. The quantitative estimate of drug-likeness (QED) is 0.224. The van der Waals surface area contributed by atoms with Gasteiger partial charge in [0.2, 0.25) is 23.6 Å². The van der Waals surface area contributed by atoms with Crippen molar-refractivity contribution in [2.45, 2.75) is 44.8 Å². The summed E-state index contributed by atoms with van der Waals surface area (Å²) in [5.41, 5.74) is 11.4. The summed E-state index contributed by atoms with van der Waals surface area (Å²) in [5.74, 6) is -4.42. The van der Waals surface area contributed by atoms with E-state index in [-0.39, 0.29) is 18.8 Å². The van der Waals surface area contributed by atoms with Gasteiger partial charge >= 0.3 is 5.97 Å². The predicted molar refractivity (Wildman–Crippen MR) is 111 cm³/mol. The molecule has 0 aliphatic heterocycles. The molecule has 0 bridgehead atoms. The van der Waals surface area contributed by atoms with Gasteiger partial charge in [0, 0.05) is 6.42 Å². The van der Waals surface area contributed by atoms with Crippen molar-refractivity contribution >= 4 is 29.6 Å². The summed E-state index contributed by atoms with van der Waals surface area (Å²) < 4.78 is 0. The van der Waals surface area contributed by atoms with Crippen molar-refractivity contribution in [2.24, 2.45) is 17.4 Å². The Morgan fingerprint density at radius 1 is 0.968 bits per heavy atom. The van der Waals surface area contributed by atoms with Crippen molar-refractivity contribution in [3.8, 4) is 0 Å². The van der Waals surface area contributed by atoms with Gasteiger partial charge in [0.1, 0.15) is 18.6 Å². The van der Waals surface area contributed by atoms with Gasteiger partial charge < -0.3 is 32.5 Å². The number of carbonyl (C=O) groups excluding carboxylic acids is 4. The molecule has 0 aliphatic carbocycles. The Morgan fingerprint density at radius 2 is 1.58 bits per heavy atom. The van der Waals surface area contributed by atoms with Gasteiger partial charge in [-0.1, -0.05) is 44.2 Å². The fraction of sp³-hybridized carbons (Fsp3) is 0.450. The minimum Gasteiger partial charge on any atom is -0.480 e. The highest BCUT2D eigenvalue weighted by Crippen LogP contribution is 2.07. The minimum absolute atomic E-state index is 0.109. The molecule has 0 aromatic heterocycles. The second-order valence-corrected chi connectivity index (χ2v) is 7.37. The van der Waals surface area contributed by atoms with E-state index in [1.165, 1.54) is 0 Å². The molecule has 0 saturated heterocycles. The molecule has 0 radical (unpaired) electrons. The Kier molecular flexibility index (Phi) is 10.1. The number of benzene rings is 1. The molecule has 11 heteroatoms. The van der Waals surface area contributed by atoms with Gasteiger partial charge in [-0.25, -0.2) is 0 Å². The summed E-state index contributed by atoms with van der Waals surface area (Å²) in [6.07, 6.45) is -0.273. The average molecular weight is 435 g/mol. The van der Waals surface area contributed by atoms with Gasteiger partial charge in [-0.3, -0.25) is 24.0 Å². The van der Waals surface area contributed by atoms with Crippen LogP contribution in [0.3, 0.4) is 0 Å². The second kappa shape index (κ2) is 12.3. The van der Waals surface area contributed by atoms with E-state index < -0.39 is 54.3 Å². The third kappa shape index (κ3) is 9.26. The van der Waals surface area contributed by atoms with Crippen molar-refractivity contribution < 1.29 is 29.1 Å². The molecule has 3 unspecified atom stereocenters. The number of carboxylic acids is 1. The largest absolute Gasteiger partial charge is 0.480 e. The summed E-state index contributed by atoms with van der Waals surface area (Å²) in [4.78, 5) is 59.3. The second-order valence-electron chi connectivity index (χ2n) is 7.37. The third-order valence-corrected chi connectivity index (χ3v) is 4.33. The lowest BCUT2D eigenvalue weighted by atomic mass is 10.0. The molecule has 1 aromatic carbocycles. The average Bonchev–Trinajstić information content (AvgIpc) is 2.69. The summed E-state index contributed by atoms with van der Waals surface area (Å²) >= 11 is 0. The predicted octanol–water partition coefficient (Wildman–Crippen LogP) is -1.74. The van der Waals surface area contributed by atoms with Crippen LogP contribution < -0.4 is 27.4 Å². The van der Waals surface area contributed by atoms with Crippen LogP contribution in [-0.4, -0.2) is 59.4 Å². The van der Waals surface area contributed by atoms with E-state index in [0.29, 0.717) is 0 Å². The standard InChI is InChI=1S/C20H29N5O6/c1-11(2)17(25-18(29)13(21)9-15(22)26)20(31)24-14(19(30)23-10-16(27)28)8-12-6-4-3-5-7-12/h3-7,11,13-14,17H,8-10,21H2,1-2H3,(H2,22,26)(H,23,30)(H,24,31)(H,25,29)(H,27,28).